The third kappa shape index (κ3) is 2.29. The Hall–Kier alpha value is -1.88. The zero-order valence-corrected chi connectivity index (χ0v) is 9.61. The maximum atomic E-state index is 13.2. The van der Waals surface area contributed by atoms with Crippen molar-refractivity contribution in [2.75, 3.05) is 7.11 Å². The topological polar surface area (TPSA) is 61.3 Å². The van der Waals surface area contributed by atoms with Crippen molar-refractivity contribution in [2.45, 2.75) is 13.0 Å². The lowest BCUT2D eigenvalue weighted by Crippen LogP contribution is -2.02. The first-order valence-corrected chi connectivity index (χ1v) is 5.18. The lowest BCUT2D eigenvalue weighted by Gasteiger charge is -2.04. The van der Waals surface area contributed by atoms with Crippen molar-refractivity contribution in [3.8, 4) is 17.0 Å². The molecule has 1 aromatic carbocycles. The molecule has 17 heavy (non-hydrogen) atoms. The second kappa shape index (κ2) is 4.55. The predicted octanol–water partition coefficient (Wildman–Crippen LogP) is 2.51. The molecule has 2 aromatic rings. The highest BCUT2D eigenvalue weighted by atomic mass is 19.1. The number of nitrogens with zero attached hydrogens (tertiary/aromatic N) is 1. The first kappa shape index (κ1) is 11.6. The summed E-state index contributed by atoms with van der Waals surface area (Å²) < 4.78 is 23.4. The molecule has 2 N–H and O–H groups in total. The molecule has 0 saturated carbocycles. The van der Waals surface area contributed by atoms with Crippen LogP contribution in [0.2, 0.25) is 0 Å². The van der Waals surface area contributed by atoms with E-state index in [9.17, 15) is 4.39 Å². The van der Waals surface area contributed by atoms with E-state index in [4.69, 9.17) is 15.0 Å². The Labute approximate surface area is 98.2 Å². The third-order valence-corrected chi connectivity index (χ3v) is 2.41. The summed E-state index contributed by atoms with van der Waals surface area (Å²) in [6.45, 7) is 1.78. The average molecular weight is 236 g/mol. The van der Waals surface area contributed by atoms with Gasteiger partial charge in [0.25, 0.3) is 0 Å². The Morgan fingerprint density at radius 2 is 2.18 bits per heavy atom. The van der Waals surface area contributed by atoms with E-state index in [1.807, 2.05) is 0 Å². The fourth-order valence-electron chi connectivity index (χ4n) is 1.51. The fourth-order valence-corrected chi connectivity index (χ4v) is 1.51. The molecule has 2 rings (SSSR count). The van der Waals surface area contributed by atoms with Crippen LogP contribution in [0.15, 0.2) is 28.8 Å². The Bertz CT molecular complexity index is 523. The molecule has 90 valence electrons. The van der Waals surface area contributed by atoms with Crippen LogP contribution in [0.25, 0.3) is 11.3 Å². The number of ether oxygens (including phenoxy) is 1. The molecule has 0 aliphatic rings. The lowest BCUT2D eigenvalue weighted by molar-refractivity contribution is 0.368. The molecule has 0 aliphatic carbocycles. The van der Waals surface area contributed by atoms with Crippen molar-refractivity contribution in [3.05, 3.63) is 35.8 Å². The minimum absolute atomic E-state index is 0.254. The summed E-state index contributed by atoms with van der Waals surface area (Å²) in [5, 5.41) is 3.86. The molecular weight excluding hydrogens is 223 g/mol. The van der Waals surface area contributed by atoms with E-state index in [0.717, 1.165) is 0 Å². The SMILES string of the molecule is COc1ccc(F)cc1-c1cc(C(C)N)on1. The molecule has 1 unspecified atom stereocenters. The van der Waals surface area contributed by atoms with E-state index < -0.39 is 0 Å². The summed E-state index contributed by atoms with van der Waals surface area (Å²) in [4.78, 5) is 0. The zero-order valence-electron chi connectivity index (χ0n) is 9.61. The van der Waals surface area contributed by atoms with E-state index in [2.05, 4.69) is 5.16 Å². The summed E-state index contributed by atoms with van der Waals surface area (Å²) in [5.74, 6) is 0.730. The van der Waals surface area contributed by atoms with Gasteiger partial charge in [-0.1, -0.05) is 5.16 Å². The molecule has 5 heteroatoms. The number of halogens is 1. The highest BCUT2D eigenvalue weighted by Gasteiger charge is 2.14. The van der Waals surface area contributed by atoms with Gasteiger partial charge in [-0.3, -0.25) is 0 Å². The quantitative estimate of drug-likeness (QED) is 0.889. The van der Waals surface area contributed by atoms with E-state index in [-0.39, 0.29) is 11.9 Å². The molecule has 0 spiro atoms. The highest BCUT2D eigenvalue weighted by Crippen LogP contribution is 2.30. The van der Waals surface area contributed by atoms with Gasteiger partial charge in [0.2, 0.25) is 0 Å². The van der Waals surface area contributed by atoms with E-state index in [1.165, 1.54) is 19.2 Å². The van der Waals surface area contributed by atoms with Gasteiger partial charge in [-0.2, -0.15) is 0 Å². The summed E-state index contributed by atoms with van der Waals surface area (Å²) in [6.07, 6.45) is 0. The first-order chi connectivity index (χ1) is 8.11. The number of rotatable bonds is 3. The number of hydrogen-bond acceptors (Lipinski definition) is 4. The van der Waals surface area contributed by atoms with Crippen LogP contribution in [-0.2, 0) is 0 Å². The van der Waals surface area contributed by atoms with Crippen LogP contribution in [0.3, 0.4) is 0 Å². The van der Waals surface area contributed by atoms with Crippen molar-refractivity contribution in [1.82, 2.24) is 5.16 Å². The van der Waals surface area contributed by atoms with Crippen LogP contribution in [-0.4, -0.2) is 12.3 Å². The second-order valence-corrected chi connectivity index (χ2v) is 3.75. The maximum Gasteiger partial charge on any atom is 0.153 e. The molecular formula is C12H13FN2O2. The smallest absolute Gasteiger partial charge is 0.153 e. The molecule has 0 aliphatic heterocycles. The van der Waals surface area contributed by atoms with Gasteiger partial charge in [0.05, 0.1) is 13.2 Å². The highest BCUT2D eigenvalue weighted by molar-refractivity contribution is 5.67. The molecule has 0 radical (unpaired) electrons. The van der Waals surface area contributed by atoms with Gasteiger partial charge < -0.3 is 15.0 Å². The number of methoxy groups -OCH3 is 1. The Kier molecular flexibility index (Phi) is 3.10. The summed E-state index contributed by atoms with van der Waals surface area (Å²) in [5.41, 5.74) is 6.72. The average Bonchev–Trinajstić information content (AvgIpc) is 2.78. The number of benzene rings is 1. The maximum absolute atomic E-state index is 13.2. The number of hydrogen-bond donors (Lipinski definition) is 1. The van der Waals surface area contributed by atoms with E-state index in [1.54, 1.807) is 19.1 Å². The minimum Gasteiger partial charge on any atom is -0.496 e. The van der Waals surface area contributed by atoms with Crippen LogP contribution >= 0.6 is 0 Å². The number of nitrogens with two attached hydrogens (primary N) is 1. The van der Waals surface area contributed by atoms with Gasteiger partial charge in [0.1, 0.15) is 17.3 Å². The summed E-state index contributed by atoms with van der Waals surface area (Å²) in [6, 6.07) is 5.65. The number of aromatic nitrogens is 1. The van der Waals surface area contributed by atoms with Crippen LogP contribution in [0.5, 0.6) is 5.75 Å². The summed E-state index contributed by atoms with van der Waals surface area (Å²) in [7, 11) is 1.52. The fraction of sp³-hybridized carbons (Fsp3) is 0.250. The standard InChI is InChI=1S/C12H13FN2O2/c1-7(14)12-6-10(15-17-12)9-5-8(13)3-4-11(9)16-2/h3-7H,14H2,1-2H3. The molecule has 4 nitrogen and oxygen atoms in total. The van der Waals surface area contributed by atoms with Gasteiger partial charge >= 0.3 is 0 Å². The molecule has 0 fully saturated rings. The molecule has 1 aromatic heterocycles. The second-order valence-electron chi connectivity index (χ2n) is 3.75. The predicted molar refractivity (Wildman–Crippen MR) is 61.1 cm³/mol. The Balaban J connectivity index is 2.47. The Morgan fingerprint density at radius 3 is 2.76 bits per heavy atom. The van der Waals surface area contributed by atoms with Gasteiger partial charge in [-0.05, 0) is 25.1 Å². The zero-order chi connectivity index (χ0) is 12.4. The third-order valence-electron chi connectivity index (χ3n) is 2.41. The van der Waals surface area contributed by atoms with Crippen molar-refractivity contribution >= 4 is 0 Å². The monoisotopic (exact) mass is 236 g/mol. The molecule has 0 amide bonds. The van der Waals surface area contributed by atoms with Crippen LogP contribution in [0.1, 0.15) is 18.7 Å². The van der Waals surface area contributed by atoms with Crippen molar-refractivity contribution in [2.24, 2.45) is 5.73 Å². The largest absolute Gasteiger partial charge is 0.496 e. The van der Waals surface area contributed by atoms with Gasteiger partial charge in [-0.25, -0.2) is 4.39 Å². The molecule has 0 bridgehead atoms. The molecule has 1 atom stereocenters. The van der Waals surface area contributed by atoms with Crippen molar-refractivity contribution in [1.29, 1.82) is 0 Å². The normalized spacial score (nSPS) is 12.5. The molecule has 1 heterocycles. The van der Waals surface area contributed by atoms with Crippen LogP contribution < -0.4 is 10.5 Å². The van der Waals surface area contributed by atoms with E-state index >= 15 is 0 Å². The van der Waals surface area contributed by atoms with Crippen molar-refractivity contribution < 1.29 is 13.7 Å². The van der Waals surface area contributed by atoms with Crippen LogP contribution in [0.4, 0.5) is 4.39 Å². The molecule has 0 saturated heterocycles. The van der Waals surface area contributed by atoms with Crippen molar-refractivity contribution in [3.63, 3.8) is 0 Å². The van der Waals surface area contributed by atoms with Gasteiger partial charge in [0.15, 0.2) is 5.76 Å². The van der Waals surface area contributed by atoms with Crippen LogP contribution in [0, 0.1) is 5.82 Å². The van der Waals surface area contributed by atoms with Gasteiger partial charge in [0, 0.05) is 11.6 Å². The summed E-state index contributed by atoms with van der Waals surface area (Å²) >= 11 is 0. The lowest BCUT2D eigenvalue weighted by atomic mass is 10.1. The van der Waals surface area contributed by atoms with E-state index in [0.29, 0.717) is 22.8 Å². The minimum atomic E-state index is -0.355. The van der Waals surface area contributed by atoms with Gasteiger partial charge in [-0.15, -0.1) is 0 Å². The Morgan fingerprint density at radius 1 is 1.41 bits per heavy atom. The first-order valence-electron chi connectivity index (χ1n) is 5.18.